The average Bonchev–Trinajstić information content (AvgIpc) is 2.10. The lowest BCUT2D eigenvalue weighted by Gasteiger charge is -2.21. The Labute approximate surface area is 89.1 Å². The fourth-order valence-electron chi connectivity index (χ4n) is 0.806. The lowest BCUT2D eigenvalue weighted by molar-refractivity contribution is -0.142. The molecule has 0 aromatic carbocycles. The van der Waals surface area contributed by atoms with Gasteiger partial charge in [0, 0.05) is 6.54 Å². The van der Waals surface area contributed by atoms with Crippen LogP contribution in [0.1, 0.15) is 20.8 Å². The SMILES string of the molecule is COC(=O)C(CN)NC(=O)OC(C)(C)C. The molecule has 0 spiro atoms. The number of nitrogens with two attached hydrogens (primary N) is 1. The summed E-state index contributed by atoms with van der Waals surface area (Å²) >= 11 is 0. The van der Waals surface area contributed by atoms with Gasteiger partial charge in [0.05, 0.1) is 7.11 Å². The quantitative estimate of drug-likeness (QED) is 0.651. The number of carbonyl (C=O) groups excluding carboxylic acids is 2. The van der Waals surface area contributed by atoms with Crippen LogP contribution < -0.4 is 11.1 Å². The molecule has 0 aromatic rings. The Morgan fingerprint density at radius 3 is 2.27 bits per heavy atom. The summed E-state index contributed by atoms with van der Waals surface area (Å²) in [7, 11) is 1.22. The number of rotatable bonds is 3. The Balaban J connectivity index is 4.20. The summed E-state index contributed by atoms with van der Waals surface area (Å²) in [4.78, 5) is 22.3. The molecule has 1 unspecified atom stereocenters. The smallest absolute Gasteiger partial charge is 0.408 e. The molecule has 0 aliphatic heterocycles. The molecular formula is C9H18N2O4. The van der Waals surface area contributed by atoms with Gasteiger partial charge in [-0.25, -0.2) is 9.59 Å². The van der Waals surface area contributed by atoms with Crippen LogP contribution in [-0.2, 0) is 14.3 Å². The highest BCUT2D eigenvalue weighted by Gasteiger charge is 2.23. The van der Waals surface area contributed by atoms with Crippen LogP contribution in [0.2, 0.25) is 0 Å². The van der Waals surface area contributed by atoms with E-state index in [9.17, 15) is 9.59 Å². The first kappa shape index (κ1) is 13.7. The summed E-state index contributed by atoms with van der Waals surface area (Å²) in [6, 6.07) is -0.871. The van der Waals surface area contributed by atoms with E-state index in [-0.39, 0.29) is 6.54 Å². The van der Waals surface area contributed by atoms with Crippen molar-refractivity contribution in [2.24, 2.45) is 5.73 Å². The van der Waals surface area contributed by atoms with Gasteiger partial charge in [-0.05, 0) is 20.8 Å². The van der Waals surface area contributed by atoms with Gasteiger partial charge < -0.3 is 20.5 Å². The number of carbonyl (C=O) groups is 2. The predicted octanol–water partition coefficient (Wildman–Crippen LogP) is 0.0114. The van der Waals surface area contributed by atoms with Gasteiger partial charge >= 0.3 is 12.1 Å². The van der Waals surface area contributed by atoms with Crippen molar-refractivity contribution in [1.29, 1.82) is 0 Å². The minimum atomic E-state index is -0.871. The van der Waals surface area contributed by atoms with E-state index in [0.29, 0.717) is 0 Å². The molecule has 15 heavy (non-hydrogen) atoms. The Morgan fingerprint density at radius 2 is 1.93 bits per heavy atom. The summed E-state index contributed by atoms with van der Waals surface area (Å²) in [6.45, 7) is 5.14. The number of ether oxygens (including phenoxy) is 2. The second kappa shape index (κ2) is 5.55. The van der Waals surface area contributed by atoms with Crippen molar-refractivity contribution in [3.8, 4) is 0 Å². The van der Waals surface area contributed by atoms with E-state index in [1.165, 1.54) is 7.11 Å². The van der Waals surface area contributed by atoms with E-state index in [1.807, 2.05) is 0 Å². The van der Waals surface area contributed by atoms with Crippen molar-refractivity contribution >= 4 is 12.1 Å². The Morgan fingerprint density at radius 1 is 1.40 bits per heavy atom. The molecule has 88 valence electrons. The average molecular weight is 218 g/mol. The minimum absolute atomic E-state index is 0.0358. The van der Waals surface area contributed by atoms with E-state index < -0.39 is 23.7 Å². The van der Waals surface area contributed by atoms with Crippen molar-refractivity contribution in [3.05, 3.63) is 0 Å². The van der Waals surface area contributed by atoms with Gasteiger partial charge in [0.1, 0.15) is 11.6 Å². The number of amides is 1. The summed E-state index contributed by atoms with van der Waals surface area (Å²) in [5.41, 5.74) is 4.68. The highest BCUT2D eigenvalue weighted by molar-refractivity contribution is 5.81. The van der Waals surface area contributed by atoms with E-state index >= 15 is 0 Å². The van der Waals surface area contributed by atoms with E-state index in [1.54, 1.807) is 20.8 Å². The molecule has 0 saturated carbocycles. The third-order valence-corrected chi connectivity index (χ3v) is 1.41. The summed E-state index contributed by atoms with van der Waals surface area (Å²) < 4.78 is 9.40. The van der Waals surface area contributed by atoms with E-state index in [4.69, 9.17) is 10.5 Å². The zero-order valence-electron chi connectivity index (χ0n) is 9.49. The molecular weight excluding hydrogens is 200 g/mol. The van der Waals surface area contributed by atoms with Crippen molar-refractivity contribution in [2.45, 2.75) is 32.4 Å². The molecule has 3 N–H and O–H groups in total. The maximum absolute atomic E-state index is 11.3. The molecule has 6 heteroatoms. The van der Waals surface area contributed by atoms with Gasteiger partial charge in [-0.1, -0.05) is 0 Å². The van der Waals surface area contributed by atoms with Crippen LogP contribution >= 0.6 is 0 Å². The largest absolute Gasteiger partial charge is 0.467 e. The fraction of sp³-hybridized carbons (Fsp3) is 0.778. The van der Waals surface area contributed by atoms with Gasteiger partial charge in [0.15, 0.2) is 0 Å². The Hall–Kier alpha value is -1.30. The molecule has 0 aliphatic carbocycles. The summed E-state index contributed by atoms with van der Waals surface area (Å²) in [5, 5.41) is 2.31. The maximum Gasteiger partial charge on any atom is 0.408 e. The van der Waals surface area contributed by atoms with Gasteiger partial charge in [0.25, 0.3) is 0 Å². The lowest BCUT2D eigenvalue weighted by Crippen LogP contribution is -2.48. The first-order chi connectivity index (χ1) is 6.80. The second-order valence-corrected chi connectivity index (χ2v) is 3.96. The van der Waals surface area contributed by atoms with Gasteiger partial charge in [-0.2, -0.15) is 0 Å². The number of hydrogen-bond donors (Lipinski definition) is 2. The number of alkyl carbamates (subject to hydrolysis) is 1. The minimum Gasteiger partial charge on any atom is -0.467 e. The summed E-state index contributed by atoms with van der Waals surface area (Å²) in [6.07, 6.45) is -0.691. The summed E-state index contributed by atoms with van der Waals surface area (Å²) in [5.74, 6) is -0.594. The molecule has 6 nitrogen and oxygen atoms in total. The standard InChI is InChI=1S/C9H18N2O4/c1-9(2,3)15-8(13)11-6(5-10)7(12)14-4/h6H,5,10H2,1-4H3,(H,11,13). The Kier molecular flexibility index (Phi) is 5.07. The third-order valence-electron chi connectivity index (χ3n) is 1.41. The molecule has 0 fully saturated rings. The van der Waals surface area contributed by atoms with Crippen LogP contribution in [0.15, 0.2) is 0 Å². The zero-order valence-corrected chi connectivity index (χ0v) is 9.49. The molecule has 0 bridgehead atoms. The van der Waals surface area contributed by atoms with Crippen LogP contribution in [0.4, 0.5) is 4.79 Å². The molecule has 0 saturated heterocycles. The zero-order chi connectivity index (χ0) is 12.1. The molecule has 0 aliphatic rings. The highest BCUT2D eigenvalue weighted by Crippen LogP contribution is 2.06. The van der Waals surface area contributed by atoms with Gasteiger partial charge in [-0.3, -0.25) is 0 Å². The first-order valence-corrected chi connectivity index (χ1v) is 4.57. The first-order valence-electron chi connectivity index (χ1n) is 4.57. The number of methoxy groups -OCH3 is 1. The van der Waals surface area contributed by atoms with E-state index in [0.717, 1.165) is 0 Å². The second-order valence-electron chi connectivity index (χ2n) is 3.96. The topological polar surface area (TPSA) is 90.6 Å². The number of nitrogens with one attached hydrogen (secondary N) is 1. The van der Waals surface area contributed by atoms with Crippen molar-refractivity contribution in [3.63, 3.8) is 0 Å². The van der Waals surface area contributed by atoms with E-state index in [2.05, 4.69) is 10.1 Å². The van der Waals surface area contributed by atoms with Crippen LogP contribution in [0, 0.1) is 0 Å². The molecule has 1 atom stereocenters. The van der Waals surface area contributed by atoms with Gasteiger partial charge in [-0.15, -0.1) is 0 Å². The monoisotopic (exact) mass is 218 g/mol. The molecule has 0 rings (SSSR count). The van der Waals surface area contributed by atoms with Crippen LogP contribution in [0.3, 0.4) is 0 Å². The number of esters is 1. The van der Waals surface area contributed by atoms with Crippen LogP contribution in [0.5, 0.6) is 0 Å². The lowest BCUT2D eigenvalue weighted by atomic mass is 10.2. The van der Waals surface area contributed by atoms with Crippen molar-refractivity contribution < 1.29 is 19.1 Å². The van der Waals surface area contributed by atoms with Crippen LogP contribution in [0.25, 0.3) is 0 Å². The molecule has 0 radical (unpaired) electrons. The van der Waals surface area contributed by atoms with Crippen molar-refractivity contribution in [2.75, 3.05) is 13.7 Å². The molecule has 1 amide bonds. The number of hydrogen-bond acceptors (Lipinski definition) is 5. The highest BCUT2D eigenvalue weighted by atomic mass is 16.6. The van der Waals surface area contributed by atoms with Crippen LogP contribution in [-0.4, -0.2) is 37.4 Å². The molecule has 0 aromatic heterocycles. The normalized spacial score (nSPS) is 12.9. The molecule has 0 heterocycles. The van der Waals surface area contributed by atoms with Gasteiger partial charge in [0.2, 0.25) is 0 Å². The fourth-order valence-corrected chi connectivity index (χ4v) is 0.806. The third kappa shape index (κ3) is 5.90. The Bertz CT molecular complexity index is 235. The maximum atomic E-state index is 11.3. The van der Waals surface area contributed by atoms with Crippen molar-refractivity contribution in [1.82, 2.24) is 5.32 Å². The predicted molar refractivity (Wildman–Crippen MR) is 54.2 cm³/mol.